The van der Waals surface area contributed by atoms with Gasteiger partial charge in [0.25, 0.3) is 0 Å². The Bertz CT molecular complexity index is 210. The maximum absolute atomic E-state index is 5.97. The fourth-order valence-electron chi connectivity index (χ4n) is 2.40. The summed E-state index contributed by atoms with van der Waals surface area (Å²) in [7, 11) is 2.19. The summed E-state index contributed by atoms with van der Waals surface area (Å²) in [5, 5.41) is 2.37. The average Bonchev–Trinajstić information content (AvgIpc) is 2.33. The van der Waals surface area contributed by atoms with E-state index in [0.717, 1.165) is 38.5 Å². The molecule has 2 aliphatic rings. The van der Waals surface area contributed by atoms with Gasteiger partial charge in [0.1, 0.15) is 0 Å². The highest BCUT2D eigenvalue weighted by molar-refractivity contribution is 7.99. The van der Waals surface area contributed by atoms with Gasteiger partial charge in [0, 0.05) is 38.5 Å². The Morgan fingerprint density at radius 2 is 2.06 bits per heavy atom. The van der Waals surface area contributed by atoms with Gasteiger partial charge in [-0.1, -0.05) is 0 Å². The van der Waals surface area contributed by atoms with E-state index in [0.29, 0.717) is 0 Å². The van der Waals surface area contributed by atoms with Crippen LogP contribution in [-0.4, -0.2) is 66.7 Å². The smallest absolute Gasteiger partial charge is 0.0538 e. The van der Waals surface area contributed by atoms with Crippen LogP contribution in [0.15, 0.2) is 0 Å². The predicted molar refractivity (Wildman–Crippen MR) is 70.6 cm³/mol. The van der Waals surface area contributed by atoms with Crippen LogP contribution >= 0.6 is 11.8 Å². The minimum Gasteiger partial charge on any atom is -0.329 e. The first kappa shape index (κ1) is 12.6. The molecule has 0 aliphatic carbocycles. The second-order valence-corrected chi connectivity index (χ2v) is 6.15. The third-order valence-corrected chi connectivity index (χ3v) is 4.95. The second kappa shape index (κ2) is 5.69. The number of rotatable bonds is 3. The maximum atomic E-state index is 5.97. The summed E-state index contributed by atoms with van der Waals surface area (Å²) in [6.07, 6.45) is 2.52. The molecular formula is C11H24N4S. The Morgan fingerprint density at radius 1 is 1.31 bits per heavy atom. The summed E-state index contributed by atoms with van der Waals surface area (Å²) in [6.45, 7) is 5.29. The van der Waals surface area contributed by atoms with Gasteiger partial charge in [0.15, 0.2) is 0 Å². The summed E-state index contributed by atoms with van der Waals surface area (Å²) in [4.78, 5) is 2.38. The molecule has 2 heterocycles. The molecule has 16 heavy (non-hydrogen) atoms. The van der Waals surface area contributed by atoms with Crippen LogP contribution in [0, 0.1) is 0 Å². The number of likely N-dealkylation sites (N-methyl/N-ethyl adjacent to an activating group) is 1. The molecule has 2 fully saturated rings. The van der Waals surface area contributed by atoms with Crippen molar-refractivity contribution in [3.63, 3.8) is 0 Å². The van der Waals surface area contributed by atoms with Crippen molar-refractivity contribution in [1.29, 1.82) is 0 Å². The summed E-state index contributed by atoms with van der Waals surface area (Å²) in [5.41, 5.74) is 9.84. The van der Waals surface area contributed by atoms with Crippen molar-refractivity contribution < 1.29 is 0 Å². The number of hydrazine groups is 1. The van der Waals surface area contributed by atoms with E-state index in [1.54, 1.807) is 0 Å². The molecule has 0 radical (unpaired) electrons. The average molecular weight is 244 g/mol. The molecular weight excluding hydrogens is 220 g/mol. The Morgan fingerprint density at radius 3 is 2.62 bits per heavy atom. The Kier molecular flexibility index (Phi) is 4.49. The molecule has 0 saturated carbocycles. The van der Waals surface area contributed by atoms with Crippen molar-refractivity contribution in [1.82, 2.24) is 15.3 Å². The van der Waals surface area contributed by atoms with Crippen LogP contribution in [0.25, 0.3) is 0 Å². The summed E-state index contributed by atoms with van der Waals surface area (Å²) in [5.74, 6) is 2.46. The van der Waals surface area contributed by atoms with E-state index in [1.165, 1.54) is 18.6 Å². The van der Waals surface area contributed by atoms with Gasteiger partial charge in [-0.05, 0) is 25.6 Å². The number of nitrogens with two attached hydrogens (primary N) is 1. The van der Waals surface area contributed by atoms with Crippen molar-refractivity contribution in [2.45, 2.75) is 18.4 Å². The first-order valence-corrected chi connectivity index (χ1v) is 7.39. The molecule has 5 heteroatoms. The van der Waals surface area contributed by atoms with Crippen LogP contribution in [0.3, 0.4) is 0 Å². The fourth-order valence-corrected chi connectivity index (χ4v) is 3.61. The minimum absolute atomic E-state index is 0.166. The van der Waals surface area contributed by atoms with E-state index < -0.39 is 0 Å². The highest BCUT2D eigenvalue weighted by Crippen LogP contribution is 2.26. The Balaban J connectivity index is 1.86. The molecule has 4 nitrogen and oxygen atoms in total. The van der Waals surface area contributed by atoms with Crippen LogP contribution in [0.2, 0.25) is 0 Å². The van der Waals surface area contributed by atoms with E-state index in [9.17, 15) is 0 Å². The largest absolute Gasteiger partial charge is 0.329 e. The number of piperazine rings is 1. The van der Waals surface area contributed by atoms with Gasteiger partial charge in [-0.25, -0.2) is 10.4 Å². The van der Waals surface area contributed by atoms with Crippen LogP contribution in [0.4, 0.5) is 0 Å². The molecule has 2 aliphatic heterocycles. The Labute approximate surface area is 103 Å². The summed E-state index contributed by atoms with van der Waals surface area (Å²) >= 11 is 2.04. The molecule has 94 valence electrons. The maximum Gasteiger partial charge on any atom is 0.0538 e. The predicted octanol–water partition coefficient (Wildman–Crippen LogP) is -0.0371. The molecule has 0 aromatic carbocycles. The van der Waals surface area contributed by atoms with Crippen molar-refractivity contribution in [2.75, 3.05) is 51.3 Å². The van der Waals surface area contributed by atoms with E-state index in [1.807, 2.05) is 11.8 Å². The quantitative estimate of drug-likeness (QED) is 0.729. The highest BCUT2D eigenvalue weighted by Gasteiger charge is 2.33. The molecule has 1 unspecified atom stereocenters. The van der Waals surface area contributed by atoms with Crippen molar-refractivity contribution in [3.8, 4) is 0 Å². The molecule has 0 aromatic rings. The molecule has 1 atom stereocenters. The monoisotopic (exact) mass is 244 g/mol. The summed E-state index contributed by atoms with van der Waals surface area (Å²) < 4.78 is 0. The molecule has 0 bridgehead atoms. The van der Waals surface area contributed by atoms with Gasteiger partial charge in [0.2, 0.25) is 0 Å². The topological polar surface area (TPSA) is 44.5 Å². The third kappa shape index (κ3) is 3.11. The number of hydrogen-bond acceptors (Lipinski definition) is 5. The normalized spacial score (nSPS) is 34.1. The van der Waals surface area contributed by atoms with Gasteiger partial charge >= 0.3 is 0 Å². The first-order chi connectivity index (χ1) is 7.74. The van der Waals surface area contributed by atoms with E-state index in [-0.39, 0.29) is 5.54 Å². The van der Waals surface area contributed by atoms with Crippen LogP contribution in [0.1, 0.15) is 12.8 Å². The van der Waals surface area contributed by atoms with Crippen molar-refractivity contribution >= 4 is 11.8 Å². The van der Waals surface area contributed by atoms with E-state index >= 15 is 0 Å². The highest BCUT2D eigenvalue weighted by atomic mass is 32.2. The molecule has 2 rings (SSSR count). The van der Waals surface area contributed by atoms with Gasteiger partial charge < -0.3 is 10.6 Å². The SMILES string of the molecule is CN1CCN(NC2(CN)CCCSC2)CC1. The lowest BCUT2D eigenvalue weighted by atomic mass is 9.96. The zero-order valence-electron chi connectivity index (χ0n) is 10.2. The number of nitrogens with zero attached hydrogens (tertiary/aromatic N) is 2. The summed E-state index contributed by atoms with van der Waals surface area (Å²) in [6, 6.07) is 0. The van der Waals surface area contributed by atoms with E-state index in [4.69, 9.17) is 5.73 Å². The minimum atomic E-state index is 0.166. The van der Waals surface area contributed by atoms with Gasteiger partial charge in [0.05, 0.1) is 5.54 Å². The Hall–Kier alpha value is 0.190. The van der Waals surface area contributed by atoms with Gasteiger partial charge in [-0.2, -0.15) is 11.8 Å². The van der Waals surface area contributed by atoms with Crippen LogP contribution < -0.4 is 11.2 Å². The lowest BCUT2D eigenvalue weighted by Crippen LogP contribution is -2.64. The molecule has 0 aromatic heterocycles. The van der Waals surface area contributed by atoms with Crippen LogP contribution in [0.5, 0.6) is 0 Å². The lowest BCUT2D eigenvalue weighted by molar-refractivity contribution is 0.0582. The molecule has 3 N–H and O–H groups in total. The number of thioether (sulfide) groups is 1. The van der Waals surface area contributed by atoms with Gasteiger partial charge in [-0.3, -0.25) is 0 Å². The van der Waals surface area contributed by atoms with Crippen LogP contribution in [-0.2, 0) is 0 Å². The standard InChI is InChI=1S/C11H24N4S/c1-14-4-6-15(7-5-14)13-11(9-12)3-2-8-16-10-11/h13H,2-10,12H2,1H3. The second-order valence-electron chi connectivity index (χ2n) is 5.04. The lowest BCUT2D eigenvalue weighted by Gasteiger charge is -2.43. The molecule has 2 saturated heterocycles. The number of nitrogens with one attached hydrogen (secondary N) is 1. The fraction of sp³-hybridized carbons (Fsp3) is 1.00. The third-order valence-electron chi connectivity index (χ3n) is 3.61. The molecule has 0 amide bonds. The van der Waals surface area contributed by atoms with E-state index in [2.05, 4.69) is 22.4 Å². The van der Waals surface area contributed by atoms with Crippen molar-refractivity contribution in [2.24, 2.45) is 5.73 Å². The molecule has 0 spiro atoms. The first-order valence-electron chi connectivity index (χ1n) is 6.23. The zero-order valence-corrected chi connectivity index (χ0v) is 11.1. The van der Waals surface area contributed by atoms with Gasteiger partial charge in [-0.15, -0.1) is 0 Å². The zero-order chi connectivity index (χ0) is 11.4. The number of hydrogen-bond donors (Lipinski definition) is 2. The van der Waals surface area contributed by atoms with Crippen molar-refractivity contribution in [3.05, 3.63) is 0 Å².